The minimum Gasteiger partial charge on any atom is -0.480 e. The van der Waals surface area contributed by atoms with Crippen molar-refractivity contribution in [1.82, 2.24) is 4.90 Å². The van der Waals surface area contributed by atoms with Crippen molar-refractivity contribution in [2.45, 2.75) is 6.04 Å². The van der Waals surface area contributed by atoms with Crippen LogP contribution in [0.4, 0.5) is 0 Å². The van der Waals surface area contributed by atoms with Gasteiger partial charge in [-0.25, -0.2) is 0 Å². The Bertz CT molecular complexity index is 376. The third-order valence-electron chi connectivity index (χ3n) is 2.54. The molecule has 0 radical (unpaired) electrons. The lowest BCUT2D eigenvalue weighted by Gasteiger charge is -2.31. The predicted molar refractivity (Wildman–Crippen MR) is 64.8 cm³/mol. The van der Waals surface area contributed by atoms with Crippen molar-refractivity contribution in [3.05, 3.63) is 20.8 Å². The van der Waals surface area contributed by atoms with E-state index in [1.165, 1.54) is 11.3 Å². The van der Waals surface area contributed by atoms with Gasteiger partial charge in [-0.1, -0.05) is 0 Å². The Labute approximate surface area is 106 Å². The molecule has 2 rings (SSSR count). The molecular formula is C10H12BrNO3S. The van der Waals surface area contributed by atoms with Crippen molar-refractivity contribution >= 4 is 33.2 Å². The highest BCUT2D eigenvalue weighted by Gasteiger charge is 2.31. The van der Waals surface area contributed by atoms with Crippen LogP contribution in [0.15, 0.2) is 15.9 Å². The number of aliphatic carboxylic acids is 1. The number of nitrogens with zero attached hydrogens (tertiary/aromatic N) is 1. The van der Waals surface area contributed by atoms with E-state index in [2.05, 4.69) is 15.9 Å². The normalized spacial score (nSPS) is 19.6. The van der Waals surface area contributed by atoms with Crippen LogP contribution in [0.5, 0.6) is 0 Å². The summed E-state index contributed by atoms with van der Waals surface area (Å²) in [6.07, 6.45) is 0. The molecule has 1 aliphatic rings. The molecule has 1 aromatic rings. The summed E-state index contributed by atoms with van der Waals surface area (Å²) in [5.74, 6) is -0.801. The van der Waals surface area contributed by atoms with Gasteiger partial charge in [0, 0.05) is 22.4 Å². The molecule has 1 unspecified atom stereocenters. The summed E-state index contributed by atoms with van der Waals surface area (Å²) in [6, 6.07) is 1.33. The molecule has 0 aromatic carbocycles. The van der Waals surface area contributed by atoms with E-state index < -0.39 is 12.0 Å². The summed E-state index contributed by atoms with van der Waals surface area (Å²) in [4.78, 5) is 14.2. The van der Waals surface area contributed by atoms with Crippen molar-refractivity contribution in [2.75, 3.05) is 26.3 Å². The van der Waals surface area contributed by atoms with Crippen molar-refractivity contribution in [2.24, 2.45) is 0 Å². The molecule has 2 heterocycles. The summed E-state index contributed by atoms with van der Waals surface area (Å²) in [5, 5.41) is 11.2. The fourth-order valence-electron chi connectivity index (χ4n) is 1.77. The SMILES string of the molecule is O=C(O)C(c1sccc1Br)N1CCOCC1. The van der Waals surface area contributed by atoms with Crippen molar-refractivity contribution in [3.63, 3.8) is 0 Å². The number of carboxylic acids is 1. The molecule has 0 amide bonds. The molecule has 0 spiro atoms. The van der Waals surface area contributed by atoms with Crippen LogP contribution in [0.25, 0.3) is 0 Å². The molecule has 6 heteroatoms. The lowest BCUT2D eigenvalue weighted by Crippen LogP contribution is -2.41. The first-order chi connectivity index (χ1) is 7.70. The van der Waals surface area contributed by atoms with Crippen LogP contribution in [0.3, 0.4) is 0 Å². The van der Waals surface area contributed by atoms with Gasteiger partial charge in [0.15, 0.2) is 0 Å². The molecule has 0 saturated carbocycles. The van der Waals surface area contributed by atoms with Gasteiger partial charge in [0.1, 0.15) is 6.04 Å². The van der Waals surface area contributed by atoms with Crippen LogP contribution in [0, 0.1) is 0 Å². The van der Waals surface area contributed by atoms with Gasteiger partial charge >= 0.3 is 5.97 Å². The number of carboxylic acid groups (broad SMARTS) is 1. The second-order valence-electron chi connectivity index (χ2n) is 3.52. The average molecular weight is 306 g/mol. The van der Waals surface area contributed by atoms with E-state index in [0.29, 0.717) is 26.3 Å². The van der Waals surface area contributed by atoms with Crippen LogP contribution in [0.1, 0.15) is 10.9 Å². The number of hydrogen-bond donors (Lipinski definition) is 1. The van der Waals surface area contributed by atoms with Gasteiger partial charge in [-0.15, -0.1) is 11.3 Å². The van der Waals surface area contributed by atoms with Crippen molar-refractivity contribution in [3.8, 4) is 0 Å². The topological polar surface area (TPSA) is 49.8 Å². The number of rotatable bonds is 3. The van der Waals surface area contributed by atoms with Gasteiger partial charge in [-0.3, -0.25) is 9.69 Å². The first-order valence-electron chi connectivity index (χ1n) is 4.97. The van der Waals surface area contributed by atoms with Crippen LogP contribution in [0.2, 0.25) is 0 Å². The number of hydrogen-bond acceptors (Lipinski definition) is 4. The summed E-state index contributed by atoms with van der Waals surface area (Å²) in [5.41, 5.74) is 0. The number of ether oxygens (including phenoxy) is 1. The lowest BCUT2D eigenvalue weighted by molar-refractivity contribution is -0.145. The highest BCUT2D eigenvalue weighted by Crippen LogP contribution is 2.33. The van der Waals surface area contributed by atoms with Gasteiger partial charge in [0.05, 0.1) is 13.2 Å². The Balaban J connectivity index is 2.23. The first kappa shape index (κ1) is 12.0. The Morgan fingerprint density at radius 2 is 2.25 bits per heavy atom. The highest BCUT2D eigenvalue weighted by atomic mass is 79.9. The lowest BCUT2D eigenvalue weighted by atomic mass is 10.2. The third-order valence-corrected chi connectivity index (χ3v) is 4.46. The Hall–Kier alpha value is -0.430. The van der Waals surface area contributed by atoms with Crippen molar-refractivity contribution in [1.29, 1.82) is 0 Å². The molecular weight excluding hydrogens is 294 g/mol. The molecule has 0 bridgehead atoms. The summed E-state index contributed by atoms with van der Waals surface area (Å²) >= 11 is 4.86. The van der Waals surface area contributed by atoms with E-state index in [1.807, 2.05) is 16.3 Å². The Kier molecular flexibility index (Phi) is 3.96. The molecule has 1 fully saturated rings. The standard InChI is InChI=1S/C10H12BrNO3S/c11-7-1-6-16-9(7)8(10(13)14)12-2-4-15-5-3-12/h1,6,8H,2-5H2,(H,13,14). The minimum atomic E-state index is -0.801. The fourth-order valence-corrected chi connectivity index (χ4v) is 3.48. The van der Waals surface area contributed by atoms with Gasteiger partial charge < -0.3 is 9.84 Å². The summed E-state index contributed by atoms with van der Waals surface area (Å²) < 4.78 is 6.11. The molecule has 1 atom stereocenters. The van der Waals surface area contributed by atoms with Crippen LogP contribution >= 0.6 is 27.3 Å². The average Bonchev–Trinajstić information content (AvgIpc) is 2.66. The van der Waals surface area contributed by atoms with Crippen LogP contribution in [-0.2, 0) is 9.53 Å². The van der Waals surface area contributed by atoms with Gasteiger partial charge in [0.2, 0.25) is 0 Å². The van der Waals surface area contributed by atoms with Gasteiger partial charge in [-0.05, 0) is 27.4 Å². The maximum absolute atomic E-state index is 11.4. The van der Waals surface area contributed by atoms with Gasteiger partial charge in [-0.2, -0.15) is 0 Å². The Morgan fingerprint density at radius 3 is 2.75 bits per heavy atom. The second-order valence-corrected chi connectivity index (χ2v) is 5.32. The van der Waals surface area contributed by atoms with E-state index in [0.717, 1.165) is 9.35 Å². The van der Waals surface area contributed by atoms with E-state index in [-0.39, 0.29) is 0 Å². The second kappa shape index (κ2) is 5.27. The number of thiophene rings is 1. The molecule has 0 aliphatic carbocycles. The molecule has 16 heavy (non-hydrogen) atoms. The van der Waals surface area contributed by atoms with E-state index >= 15 is 0 Å². The van der Waals surface area contributed by atoms with E-state index in [1.54, 1.807) is 0 Å². The maximum atomic E-state index is 11.4. The zero-order chi connectivity index (χ0) is 11.5. The quantitative estimate of drug-likeness (QED) is 0.927. The largest absolute Gasteiger partial charge is 0.480 e. The number of halogens is 1. The monoisotopic (exact) mass is 305 g/mol. The predicted octanol–water partition coefficient (Wildman–Crippen LogP) is 1.97. The maximum Gasteiger partial charge on any atom is 0.326 e. The molecule has 4 nitrogen and oxygen atoms in total. The van der Waals surface area contributed by atoms with Crippen LogP contribution < -0.4 is 0 Å². The van der Waals surface area contributed by atoms with Gasteiger partial charge in [0.25, 0.3) is 0 Å². The summed E-state index contributed by atoms with van der Waals surface area (Å²) in [6.45, 7) is 2.54. The number of morpholine rings is 1. The smallest absolute Gasteiger partial charge is 0.326 e. The molecule has 1 N–H and O–H groups in total. The zero-order valence-corrected chi connectivity index (χ0v) is 11.0. The first-order valence-corrected chi connectivity index (χ1v) is 6.65. The molecule has 1 aliphatic heterocycles. The molecule has 1 aromatic heterocycles. The van der Waals surface area contributed by atoms with E-state index in [9.17, 15) is 9.90 Å². The Morgan fingerprint density at radius 1 is 1.56 bits per heavy atom. The fraction of sp³-hybridized carbons (Fsp3) is 0.500. The summed E-state index contributed by atoms with van der Waals surface area (Å²) in [7, 11) is 0. The highest BCUT2D eigenvalue weighted by molar-refractivity contribution is 9.10. The third kappa shape index (κ3) is 2.45. The minimum absolute atomic E-state index is 0.557. The zero-order valence-electron chi connectivity index (χ0n) is 8.56. The van der Waals surface area contributed by atoms with E-state index in [4.69, 9.17) is 4.74 Å². The number of carbonyl (C=O) groups is 1. The molecule has 1 saturated heterocycles. The molecule has 88 valence electrons. The van der Waals surface area contributed by atoms with Crippen molar-refractivity contribution < 1.29 is 14.6 Å². The van der Waals surface area contributed by atoms with Crippen LogP contribution in [-0.4, -0.2) is 42.3 Å².